The third-order valence-corrected chi connectivity index (χ3v) is 3.55. The van der Waals surface area contributed by atoms with E-state index in [1.54, 1.807) is 0 Å². The van der Waals surface area contributed by atoms with Gasteiger partial charge in [0.2, 0.25) is 0 Å². The third-order valence-electron chi connectivity index (χ3n) is 3.55. The zero-order valence-corrected chi connectivity index (χ0v) is 11.6. The number of likely N-dealkylation sites (N-methyl/N-ethyl adjacent to an activating group) is 3. The van der Waals surface area contributed by atoms with Crippen molar-refractivity contribution in [2.24, 2.45) is 0 Å². The van der Waals surface area contributed by atoms with Gasteiger partial charge < -0.3 is 21.1 Å². The lowest BCUT2D eigenvalue weighted by Gasteiger charge is -2.22. The van der Waals surface area contributed by atoms with Crippen molar-refractivity contribution in [3.63, 3.8) is 0 Å². The quantitative estimate of drug-likeness (QED) is 0.638. The lowest BCUT2D eigenvalue weighted by molar-refractivity contribution is 0.280. The van der Waals surface area contributed by atoms with Crippen molar-refractivity contribution in [3.05, 3.63) is 58.6 Å². The van der Waals surface area contributed by atoms with Crippen LogP contribution in [0.15, 0.2) is 47.4 Å². The van der Waals surface area contributed by atoms with Gasteiger partial charge in [0.05, 0.1) is 18.2 Å². The fraction of sp³-hybridized carbons (Fsp3) is 0.333. The van der Waals surface area contributed by atoms with E-state index in [1.165, 1.54) is 0 Å². The monoisotopic (exact) mass is 259 g/mol. The van der Waals surface area contributed by atoms with Gasteiger partial charge in [-0.3, -0.25) is 0 Å². The lowest BCUT2D eigenvalue weighted by atomic mass is 9.91. The van der Waals surface area contributed by atoms with E-state index in [9.17, 15) is 5.11 Å². The summed E-state index contributed by atoms with van der Waals surface area (Å²) in [6.07, 6.45) is 2.10. The Hall–Kier alpha value is -1.94. The predicted octanol–water partition coefficient (Wildman–Crippen LogP) is 1.03. The van der Waals surface area contributed by atoms with Crippen molar-refractivity contribution in [1.82, 2.24) is 16.0 Å². The molecule has 0 saturated carbocycles. The zero-order chi connectivity index (χ0) is 13.8. The molecular weight excluding hydrogens is 238 g/mol. The van der Waals surface area contributed by atoms with E-state index in [-0.39, 0.29) is 12.5 Å². The summed E-state index contributed by atoms with van der Waals surface area (Å²) in [6, 6.07) is 7.99. The van der Waals surface area contributed by atoms with Crippen LogP contribution in [0.3, 0.4) is 0 Å². The molecule has 0 spiro atoms. The van der Waals surface area contributed by atoms with Gasteiger partial charge >= 0.3 is 0 Å². The Morgan fingerprint density at radius 1 is 1.05 bits per heavy atom. The molecule has 4 nitrogen and oxygen atoms in total. The molecule has 0 saturated heterocycles. The second-order valence-corrected chi connectivity index (χ2v) is 4.47. The number of allylic oxidation sites excluding steroid dienone is 1. The summed E-state index contributed by atoms with van der Waals surface area (Å²) in [4.78, 5) is 0. The number of hydrogen-bond acceptors (Lipinski definition) is 4. The SMILES string of the molecule is CNC1=CC(NC)=C(NC)C1c1ccccc1CO. The molecule has 0 radical (unpaired) electrons. The first-order valence-corrected chi connectivity index (χ1v) is 6.44. The van der Waals surface area contributed by atoms with E-state index in [2.05, 4.69) is 28.1 Å². The number of rotatable bonds is 5. The number of aliphatic hydroxyl groups excluding tert-OH is 1. The fourth-order valence-electron chi connectivity index (χ4n) is 2.61. The van der Waals surface area contributed by atoms with Crippen LogP contribution in [-0.4, -0.2) is 26.2 Å². The molecule has 0 aromatic heterocycles. The van der Waals surface area contributed by atoms with Crippen LogP contribution in [0.4, 0.5) is 0 Å². The van der Waals surface area contributed by atoms with Gasteiger partial charge in [0.15, 0.2) is 0 Å². The van der Waals surface area contributed by atoms with Gasteiger partial charge in [-0.2, -0.15) is 0 Å². The van der Waals surface area contributed by atoms with Gasteiger partial charge in [0.25, 0.3) is 0 Å². The minimum absolute atomic E-state index is 0.0511. The minimum Gasteiger partial charge on any atom is -0.392 e. The van der Waals surface area contributed by atoms with Crippen molar-refractivity contribution in [3.8, 4) is 0 Å². The largest absolute Gasteiger partial charge is 0.392 e. The van der Waals surface area contributed by atoms with Gasteiger partial charge in [0.1, 0.15) is 0 Å². The first-order valence-electron chi connectivity index (χ1n) is 6.44. The molecule has 0 aliphatic heterocycles. The van der Waals surface area contributed by atoms with Crippen molar-refractivity contribution < 1.29 is 5.11 Å². The summed E-state index contributed by atoms with van der Waals surface area (Å²) in [5.41, 5.74) is 5.39. The Balaban J connectivity index is 2.52. The van der Waals surface area contributed by atoms with E-state index in [0.717, 1.165) is 28.2 Å². The van der Waals surface area contributed by atoms with Crippen molar-refractivity contribution in [1.29, 1.82) is 0 Å². The number of nitrogens with one attached hydrogen (secondary N) is 3. The van der Waals surface area contributed by atoms with Crippen molar-refractivity contribution in [2.75, 3.05) is 21.1 Å². The Labute approximate surface area is 114 Å². The Kier molecular flexibility index (Phi) is 4.12. The van der Waals surface area contributed by atoms with Crippen LogP contribution < -0.4 is 16.0 Å². The lowest BCUT2D eigenvalue weighted by Crippen LogP contribution is -2.22. The molecule has 0 amide bonds. The molecule has 0 heterocycles. The van der Waals surface area contributed by atoms with Gasteiger partial charge in [-0.1, -0.05) is 24.3 Å². The molecule has 0 fully saturated rings. The summed E-state index contributed by atoms with van der Waals surface area (Å²) in [5.74, 6) is 0.112. The smallest absolute Gasteiger partial charge is 0.0684 e. The first kappa shape index (κ1) is 13.5. The topological polar surface area (TPSA) is 56.3 Å². The van der Waals surface area contributed by atoms with Crippen LogP contribution in [0.25, 0.3) is 0 Å². The van der Waals surface area contributed by atoms with E-state index < -0.39 is 0 Å². The molecule has 4 heteroatoms. The maximum absolute atomic E-state index is 9.53. The molecule has 1 aromatic rings. The molecule has 1 aliphatic carbocycles. The average Bonchev–Trinajstić information content (AvgIpc) is 2.84. The minimum atomic E-state index is 0.0511. The molecule has 1 unspecified atom stereocenters. The zero-order valence-electron chi connectivity index (χ0n) is 11.6. The van der Waals surface area contributed by atoms with Crippen LogP contribution in [0, 0.1) is 0 Å². The van der Waals surface area contributed by atoms with Crippen LogP contribution >= 0.6 is 0 Å². The number of hydrogen-bond donors (Lipinski definition) is 4. The maximum atomic E-state index is 9.53. The summed E-state index contributed by atoms with van der Waals surface area (Å²) in [7, 11) is 5.76. The highest BCUT2D eigenvalue weighted by atomic mass is 16.3. The van der Waals surface area contributed by atoms with Crippen molar-refractivity contribution >= 4 is 0 Å². The Morgan fingerprint density at radius 2 is 1.79 bits per heavy atom. The summed E-state index contributed by atoms with van der Waals surface area (Å²) in [5, 5.41) is 19.3. The van der Waals surface area contributed by atoms with Crippen LogP contribution in [0.5, 0.6) is 0 Å². The highest BCUT2D eigenvalue weighted by molar-refractivity contribution is 5.51. The molecule has 4 N–H and O–H groups in total. The van der Waals surface area contributed by atoms with Crippen LogP contribution in [-0.2, 0) is 6.61 Å². The van der Waals surface area contributed by atoms with E-state index in [1.807, 2.05) is 39.3 Å². The normalized spacial score (nSPS) is 18.3. The molecule has 1 atom stereocenters. The number of benzene rings is 1. The van der Waals surface area contributed by atoms with Gasteiger partial charge in [-0.05, 0) is 17.2 Å². The first-order chi connectivity index (χ1) is 9.26. The summed E-state index contributed by atoms with van der Waals surface area (Å²) >= 11 is 0. The highest BCUT2D eigenvalue weighted by Gasteiger charge is 2.29. The molecule has 0 bridgehead atoms. The molecule has 2 rings (SSSR count). The molecule has 1 aliphatic rings. The van der Waals surface area contributed by atoms with E-state index >= 15 is 0 Å². The van der Waals surface area contributed by atoms with Gasteiger partial charge in [0, 0.05) is 32.5 Å². The second-order valence-electron chi connectivity index (χ2n) is 4.47. The van der Waals surface area contributed by atoms with Crippen molar-refractivity contribution in [2.45, 2.75) is 12.5 Å². The maximum Gasteiger partial charge on any atom is 0.0684 e. The Bertz CT molecular complexity index is 520. The Morgan fingerprint density at radius 3 is 2.37 bits per heavy atom. The number of aliphatic hydroxyl groups is 1. The molecule has 102 valence electrons. The summed E-state index contributed by atoms with van der Waals surface area (Å²) < 4.78 is 0. The fourth-order valence-corrected chi connectivity index (χ4v) is 2.61. The molecular formula is C15H21N3O. The van der Waals surface area contributed by atoms with E-state index in [0.29, 0.717) is 0 Å². The predicted molar refractivity (Wildman–Crippen MR) is 77.4 cm³/mol. The second kappa shape index (κ2) is 5.80. The highest BCUT2D eigenvalue weighted by Crippen LogP contribution is 2.37. The summed E-state index contributed by atoms with van der Waals surface area (Å²) in [6.45, 7) is 0.0511. The average molecular weight is 259 g/mol. The van der Waals surface area contributed by atoms with Crippen LogP contribution in [0.2, 0.25) is 0 Å². The third kappa shape index (κ3) is 2.31. The molecule has 1 aromatic carbocycles. The standard InChI is InChI=1S/C15H21N3O/c1-16-12-8-13(17-2)15(18-3)14(12)11-7-5-4-6-10(11)9-19/h4-8,14,16-19H,9H2,1-3H3. The molecule has 19 heavy (non-hydrogen) atoms. The van der Waals surface area contributed by atoms with E-state index in [4.69, 9.17) is 0 Å². The van der Waals surface area contributed by atoms with Gasteiger partial charge in [-0.25, -0.2) is 0 Å². The van der Waals surface area contributed by atoms with Crippen LogP contribution in [0.1, 0.15) is 17.0 Å². The van der Waals surface area contributed by atoms with Gasteiger partial charge in [-0.15, -0.1) is 0 Å².